The van der Waals surface area contributed by atoms with Gasteiger partial charge in [0.25, 0.3) is 0 Å². The van der Waals surface area contributed by atoms with Gasteiger partial charge in [-0.25, -0.2) is 4.68 Å². The van der Waals surface area contributed by atoms with Crippen molar-refractivity contribution in [3.05, 3.63) is 82.7 Å². The van der Waals surface area contributed by atoms with Gasteiger partial charge in [0.1, 0.15) is 6.61 Å². The van der Waals surface area contributed by atoms with Crippen LogP contribution in [-0.2, 0) is 16.1 Å². The number of esters is 1. The zero-order valence-electron chi connectivity index (χ0n) is 22.5. The second kappa shape index (κ2) is 13.3. The molecule has 4 rings (SSSR count). The molecule has 0 radical (unpaired) electrons. The maximum atomic E-state index is 12.1. The number of carbonyl (C=O) groups excluding carboxylic acids is 1. The first kappa shape index (κ1) is 26.7. The first-order valence-electron chi connectivity index (χ1n) is 13.6. The second-order valence-corrected chi connectivity index (χ2v) is 10.1. The summed E-state index contributed by atoms with van der Waals surface area (Å²) in [6.45, 7) is 10.2. The Hall–Kier alpha value is -3.36. The number of nitrogens with zero attached hydrogens (tertiary/aromatic N) is 3. The number of aromatic nitrogens is 2. The van der Waals surface area contributed by atoms with Crippen LogP contribution in [0.4, 0.5) is 0 Å². The normalized spacial score (nSPS) is 14.2. The molecule has 1 aliphatic rings. The van der Waals surface area contributed by atoms with Crippen molar-refractivity contribution in [1.29, 1.82) is 0 Å². The van der Waals surface area contributed by atoms with Crippen LogP contribution in [0.1, 0.15) is 79.4 Å². The fourth-order valence-electron chi connectivity index (χ4n) is 5.00. The minimum atomic E-state index is -0.174. The van der Waals surface area contributed by atoms with Crippen molar-refractivity contribution in [2.75, 3.05) is 19.6 Å². The van der Waals surface area contributed by atoms with Crippen LogP contribution in [0.5, 0.6) is 0 Å². The average molecular weight is 498 g/mol. The second-order valence-electron chi connectivity index (χ2n) is 10.1. The van der Waals surface area contributed by atoms with E-state index in [0.717, 1.165) is 41.2 Å². The molecular weight excluding hydrogens is 458 g/mol. The van der Waals surface area contributed by atoms with Crippen LogP contribution in [0.25, 0.3) is 5.69 Å². The average Bonchev–Trinajstić information content (AvgIpc) is 3.55. The van der Waals surface area contributed by atoms with E-state index in [4.69, 9.17) is 9.84 Å². The van der Waals surface area contributed by atoms with Gasteiger partial charge in [-0.1, -0.05) is 49.1 Å². The molecule has 1 saturated heterocycles. The number of unbranched alkanes of at least 4 members (excludes halogenated alkanes) is 1. The number of hydrogen-bond acceptors (Lipinski definition) is 4. The Labute approximate surface area is 221 Å². The molecule has 0 amide bonds. The van der Waals surface area contributed by atoms with Crippen molar-refractivity contribution in [1.82, 2.24) is 14.7 Å². The summed E-state index contributed by atoms with van der Waals surface area (Å²) >= 11 is 0. The summed E-state index contributed by atoms with van der Waals surface area (Å²) in [6, 6.07) is 18.5. The highest BCUT2D eigenvalue weighted by Crippen LogP contribution is 2.27. The molecule has 1 atom stereocenters. The van der Waals surface area contributed by atoms with Crippen molar-refractivity contribution in [2.24, 2.45) is 0 Å². The van der Waals surface area contributed by atoms with E-state index in [9.17, 15) is 4.79 Å². The van der Waals surface area contributed by atoms with Gasteiger partial charge < -0.3 is 9.64 Å². The molecule has 2 aromatic carbocycles. The maximum Gasteiger partial charge on any atom is 0.306 e. The number of aryl methyl sites for hydroxylation is 2. The molecule has 5 nitrogen and oxygen atoms in total. The standard InChI is InChI=1S/C32H39N3O2/c1-4-29(23-34-17-11-12-18-34)30-20-28(21-31(22-30)35-26(3)19-25(2)33-35)15-9-6-10-16-32(36)37-24-27-13-7-5-8-14-27/h5,7-8,13-14,19-22,29H,4,6,10-12,16-18,23-24H2,1-3H3. The SMILES string of the molecule is CCC(CN1CCCC1)c1cc(C#CCCCC(=O)OCc2ccccc2)cc(-n2nc(C)cc2C)c1. The Bertz CT molecular complexity index is 1230. The molecule has 37 heavy (non-hydrogen) atoms. The lowest BCUT2D eigenvalue weighted by atomic mass is 9.93. The van der Waals surface area contributed by atoms with Gasteiger partial charge in [-0.3, -0.25) is 4.79 Å². The van der Waals surface area contributed by atoms with Gasteiger partial charge in [-0.15, -0.1) is 0 Å². The molecule has 3 aromatic rings. The molecule has 1 unspecified atom stereocenters. The summed E-state index contributed by atoms with van der Waals surface area (Å²) in [7, 11) is 0. The van der Waals surface area contributed by atoms with E-state index in [-0.39, 0.29) is 5.97 Å². The lowest BCUT2D eigenvalue weighted by Gasteiger charge is -2.23. The zero-order chi connectivity index (χ0) is 26.0. The molecule has 1 aliphatic heterocycles. The molecule has 194 valence electrons. The predicted octanol–water partition coefficient (Wildman–Crippen LogP) is 6.34. The Morgan fingerprint density at radius 1 is 1.08 bits per heavy atom. The fourth-order valence-corrected chi connectivity index (χ4v) is 5.00. The van der Waals surface area contributed by atoms with E-state index in [2.05, 4.69) is 54.9 Å². The van der Waals surface area contributed by atoms with E-state index in [1.165, 1.54) is 31.5 Å². The van der Waals surface area contributed by atoms with Crippen LogP contribution in [0.2, 0.25) is 0 Å². The van der Waals surface area contributed by atoms with Crippen LogP contribution in [-0.4, -0.2) is 40.3 Å². The molecule has 5 heteroatoms. The van der Waals surface area contributed by atoms with Crippen LogP contribution < -0.4 is 0 Å². The monoisotopic (exact) mass is 497 g/mol. The summed E-state index contributed by atoms with van der Waals surface area (Å²) in [5, 5.41) is 4.73. The summed E-state index contributed by atoms with van der Waals surface area (Å²) in [4.78, 5) is 14.7. The topological polar surface area (TPSA) is 47.4 Å². The molecule has 0 N–H and O–H groups in total. The summed E-state index contributed by atoms with van der Waals surface area (Å²) in [6.07, 6.45) is 5.43. The van der Waals surface area contributed by atoms with Gasteiger partial charge in [-0.05, 0) is 93.9 Å². The number of carbonyl (C=O) groups is 1. The van der Waals surface area contributed by atoms with Crippen LogP contribution in [0, 0.1) is 25.7 Å². The van der Waals surface area contributed by atoms with Crippen LogP contribution >= 0.6 is 0 Å². The maximum absolute atomic E-state index is 12.1. The van der Waals surface area contributed by atoms with E-state index < -0.39 is 0 Å². The van der Waals surface area contributed by atoms with E-state index in [1.807, 2.05) is 41.9 Å². The van der Waals surface area contributed by atoms with Gasteiger partial charge in [0.05, 0.1) is 11.4 Å². The Morgan fingerprint density at radius 2 is 1.86 bits per heavy atom. The lowest BCUT2D eigenvalue weighted by molar-refractivity contribution is -0.145. The number of rotatable bonds is 10. The largest absolute Gasteiger partial charge is 0.461 e. The van der Waals surface area contributed by atoms with Crippen molar-refractivity contribution in [3.8, 4) is 17.5 Å². The van der Waals surface area contributed by atoms with Gasteiger partial charge in [0.2, 0.25) is 0 Å². The Balaban J connectivity index is 1.42. The highest BCUT2D eigenvalue weighted by atomic mass is 16.5. The van der Waals surface area contributed by atoms with Crippen molar-refractivity contribution >= 4 is 5.97 Å². The first-order valence-corrected chi connectivity index (χ1v) is 13.6. The zero-order valence-corrected chi connectivity index (χ0v) is 22.5. The van der Waals surface area contributed by atoms with Crippen molar-refractivity contribution in [3.63, 3.8) is 0 Å². The number of hydrogen-bond donors (Lipinski definition) is 0. The minimum absolute atomic E-state index is 0.174. The molecule has 0 saturated carbocycles. The number of benzene rings is 2. The van der Waals surface area contributed by atoms with Gasteiger partial charge in [0.15, 0.2) is 0 Å². The highest BCUT2D eigenvalue weighted by molar-refractivity contribution is 5.69. The first-order chi connectivity index (χ1) is 18.0. The fraction of sp³-hybridized carbons (Fsp3) is 0.438. The lowest BCUT2D eigenvalue weighted by Crippen LogP contribution is -2.25. The van der Waals surface area contributed by atoms with E-state index in [1.54, 1.807) is 0 Å². The molecule has 0 bridgehead atoms. The molecule has 0 aliphatic carbocycles. The summed E-state index contributed by atoms with van der Waals surface area (Å²) in [5.74, 6) is 6.95. The van der Waals surface area contributed by atoms with Gasteiger partial charge in [0, 0.05) is 30.6 Å². The highest BCUT2D eigenvalue weighted by Gasteiger charge is 2.19. The van der Waals surface area contributed by atoms with Crippen molar-refractivity contribution in [2.45, 2.75) is 71.8 Å². The van der Waals surface area contributed by atoms with Gasteiger partial charge in [-0.2, -0.15) is 5.10 Å². The Morgan fingerprint density at radius 3 is 2.57 bits per heavy atom. The third-order valence-corrected chi connectivity index (χ3v) is 6.99. The molecule has 0 spiro atoms. The van der Waals surface area contributed by atoms with E-state index in [0.29, 0.717) is 31.8 Å². The third-order valence-electron chi connectivity index (χ3n) is 6.99. The van der Waals surface area contributed by atoms with Crippen LogP contribution in [0.3, 0.4) is 0 Å². The van der Waals surface area contributed by atoms with Crippen molar-refractivity contribution < 1.29 is 9.53 Å². The Kier molecular flexibility index (Phi) is 9.57. The molecule has 1 aromatic heterocycles. The van der Waals surface area contributed by atoms with E-state index >= 15 is 0 Å². The third kappa shape index (κ3) is 7.81. The number of ether oxygens (including phenoxy) is 1. The quantitative estimate of drug-likeness (QED) is 0.186. The number of likely N-dealkylation sites (tertiary alicyclic amines) is 1. The molecule has 1 fully saturated rings. The predicted molar refractivity (Wildman–Crippen MR) is 149 cm³/mol. The minimum Gasteiger partial charge on any atom is -0.461 e. The van der Waals surface area contributed by atoms with Gasteiger partial charge >= 0.3 is 5.97 Å². The molecular formula is C32H39N3O2. The molecule has 2 heterocycles. The smallest absolute Gasteiger partial charge is 0.306 e. The summed E-state index contributed by atoms with van der Waals surface area (Å²) in [5.41, 5.74) is 6.54. The van der Waals surface area contributed by atoms with Crippen LogP contribution in [0.15, 0.2) is 54.6 Å². The summed E-state index contributed by atoms with van der Waals surface area (Å²) < 4.78 is 7.40.